The lowest BCUT2D eigenvalue weighted by Gasteiger charge is -2.21. The minimum absolute atomic E-state index is 0.136. The van der Waals surface area contributed by atoms with Crippen molar-refractivity contribution < 1.29 is 5.11 Å². The van der Waals surface area contributed by atoms with Gasteiger partial charge in [0.25, 0.3) is 0 Å². The zero-order valence-corrected chi connectivity index (χ0v) is 12.9. The lowest BCUT2D eigenvalue weighted by atomic mass is 9.86. The summed E-state index contributed by atoms with van der Waals surface area (Å²) in [4.78, 5) is 9.27. The molecule has 0 aliphatic heterocycles. The van der Waals surface area contributed by atoms with Gasteiger partial charge in [-0.1, -0.05) is 32.1 Å². The fourth-order valence-electron chi connectivity index (χ4n) is 3.49. The van der Waals surface area contributed by atoms with E-state index in [0.29, 0.717) is 6.54 Å². The van der Waals surface area contributed by atoms with Crippen molar-refractivity contribution in [2.24, 2.45) is 5.92 Å². The molecule has 1 aliphatic rings. The third-order valence-corrected chi connectivity index (χ3v) is 4.63. The molecule has 0 saturated heterocycles. The minimum Gasteiger partial charge on any atom is -0.395 e. The summed E-state index contributed by atoms with van der Waals surface area (Å²) in [6, 6.07) is 2.08. The molecular formula is C17H25N3O. The minimum atomic E-state index is 0.136. The van der Waals surface area contributed by atoms with Crippen molar-refractivity contribution in [3.63, 3.8) is 0 Å². The van der Waals surface area contributed by atoms with Crippen molar-refractivity contribution in [3.8, 4) is 0 Å². The molecule has 0 radical (unpaired) electrons. The first-order valence-corrected chi connectivity index (χ1v) is 8.20. The first-order valence-electron chi connectivity index (χ1n) is 8.20. The number of aryl methyl sites for hydroxylation is 2. The second kappa shape index (κ2) is 6.56. The second-order valence-corrected chi connectivity index (χ2v) is 6.30. The maximum absolute atomic E-state index is 9.32. The Morgan fingerprint density at radius 3 is 2.86 bits per heavy atom. The first kappa shape index (κ1) is 14.5. The van der Waals surface area contributed by atoms with Crippen molar-refractivity contribution in [1.82, 2.24) is 14.5 Å². The van der Waals surface area contributed by atoms with E-state index >= 15 is 0 Å². The molecule has 1 aliphatic carbocycles. The lowest BCUT2D eigenvalue weighted by molar-refractivity contribution is 0.274. The smallest absolute Gasteiger partial charge is 0.160 e. The van der Waals surface area contributed by atoms with Crippen LogP contribution in [0.1, 0.15) is 49.9 Å². The highest BCUT2D eigenvalue weighted by Crippen LogP contribution is 2.28. The van der Waals surface area contributed by atoms with Crippen LogP contribution in [0.2, 0.25) is 0 Å². The highest BCUT2D eigenvalue weighted by Gasteiger charge is 2.16. The van der Waals surface area contributed by atoms with Crippen LogP contribution >= 0.6 is 0 Å². The maximum Gasteiger partial charge on any atom is 0.160 e. The normalized spacial score (nSPS) is 16.7. The van der Waals surface area contributed by atoms with Gasteiger partial charge in [-0.25, -0.2) is 9.97 Å². The average molecular weight is 287 g/mol. The Hall–Kier alpha value is -1.42. The van der Waals surface area contributed by atoms with Crippen LogP contribution in [0.4, 0.5) is 0 Å². The van der Waals surface area contributed by atoms with Crippen LogP contribution in [0.25, 0.3) is 11.2 Å². The molecule has 2 heterocycles. The Morgan fingerprint density at radius 1 is 1.29 bits per heavy atom. The molecule has 0 bridgehead atoms. The predicted molar refractivity (Wildman–Crippen MR) is 84.2 cm³/mol. The molecule has 2 aromatic rings. The van der Waals surface area contributed by atoms with E-state index in [0.717, 1.165) is 34.9 Å². The van der Waals surface area contributed by atoms with Gasteiger partial charge in [-0.05, 0) is 30.9 Å². The molecule has 1 saturated carbocycles. The van der Waals surface area contributed by atoms with Gasteiger partial charge in [0.05, 0.1) is 6.61 Å². The summed E-state index contributed by atoms with van der Waals surface area (Å²) in [5, 5.41) is 9.32. The quantitative estimate of drug-likeness (QED) is 0.918. The van der Waals surface area contributed by atoms with Gasteiger partial charge in [0.2, 0.25) is 0 Å². The van der Waals surface area contributed by atoms with Crippen LogP contribution < -0.4 is 0 Å². The third-order valence-electron chi connectivity index (χ3n) is 4.63. The molecule has 0 atom stereocenters. The van der Waals surface area contributed by atoms with Gasteiger partial charge in [-0.15, -0.1) is 0 Å². The SMILES string of the molecule is Cc1cnc2c(c1)nc(CCC1CCCCC1)n2CCO. The average Bonchev–Trinajstić information content (AvgIpc) is 2.84. The number of rotatable bonds is 5. The summed E-state index contributed by atoms with van der Waals surface area (Å²) in [6.45, 7) is 2.77. The molecule has 2 aromatic heterocycles. The highest BCUT2D eigenvalue weighted by atomic mass is 16.3. The zero-order chi connectivity index (χ0) is 14.7. The van der Waals surface area contributed by atoms with Crippen molar-refractivity contribution in [2.75, 3.05) is 6.61 Å². The predicted octanol–water partition coefficient (Wildman–Crippen LogP) is 3.24. The molecular weight excluding hydrogens is 262 g/mol. The number of aliphatic hydroxyl groups excluding tert-OH is 1. The Labute approximate surface area is 126 Å². The molecule has 0 unspecified atom stereocenters. The molecule has 0 amide bonds. The molecule has 1 N–H and O–H groups in total. The van der Waals surface area contributed by atoms with Crippen LogP contribution in [-0.2, 0) is 13.0 Å². The molecule has 21 heavy (non-hydrogen) atoms. The fourth-order valence-corrected chi connectivity index (χ4v) is 3.49. The Balaban J connectivity index is 1.80. The molecule has 3 rings (SSSR count). The molecule has 1 fully saturated rings. The Morgan fingerprint density at radius 2 is 2.10 bits per heavy atom. The van der Waals surface area contributed by atoms with E-state index < -0.39 is 0 Å². The van der Waals surface area contributed by atoms with E-state index in [1.807, 2.05) is 13.1 Å². The molecule has 0 aromatic carbocycles. The van der Waals surface area contributed by atoms with Gasteiger partial charge in [0.15, 0.2) is 5.65 Å². The van der Waals surface area contributed by atoms with E-state index in [9.17, 15) is 5.11 Å². The van der Waals surface area contributed by atoms with Crippen LogP contribution in [0.5, 0.6) is 0 Å². The van der Waals surface area contributed by atoms with Gasteiger partial charge in [-0.3, -0.25) is 0 Å². The number of nitrogens with zero attached hydrogens (tertiary/aromatic N) is 3. The summed E-state index contributed by atoms with van der Waals surface area (Å²) in [6.07, 6.45) is 11.0. The van der Waals surface area contributed by atoms with Gasteiger partial charge < -0.3 is 9.67 Å². The summed E-state index contributed by atoms with van der Waals surface area (Å²) in [5.74, 6) is 1.94. The van der Waals surface area contributed by atoms with E-state index in [1.165, 1.54) is 38.5 Å². The Kier molecular flexibility index (Phi) is 4.54. The summed E-state index contributed by atoms with van der Waals surface area (Å²) in [7, 11) is 0. The standard InChI is InChI=1S/C17H25N3O/c1-13-11-15-17(18-12-13)20(9-10-21)16(19-15)8-7-14-5-3-2-4-6-14/h11-12,14,21H,2-10H2,1H3. The fraction of sp³-hybridized carbons (Fsp3) is 0.647. The molecule has 0 spiro atoms. The van der Waals surface area contributed by atoms with Gasteiger partial charge in [0, 0.05) is 19.2 Å². The van der Waals surface area contributed by atoms with Gasteiger partial charge >= 0.3 is 0 Å². The van der Waals surface area contributed by atoms with E-state index in [2.05, 4.69) is 15.6 Å². The van der Waals surface area contributed by atoms with Crippen LogP contribution in [0, 0.1) is 12.8 Å². The first-order chi connectivity index (χ1) is 10.3. The number of fused-ring (bicyclic) bond motifs is 1. The van der Waals surface area contributed by atoms with Crippen LogP contribution in [0.15, 0.2) is 12.3 Å². The van der Waals surface area contributed by atoms with Crippen molar-refractivity contribution >= 4 is 11.2 Å². The van der Waals surface area contributed by atoms with Crippen molar-refractivity contribution in [2.45, 2.75) is 58.4 Å². The maximum atomic E-state index is 9.32. The van der Waals surface area contributed by atoms with E-state index in [1.54, 1.807) is 0 Å². The third kappa shape index (κ3) is 3.26. The largest absolute Gasteiger partial charge is 0.395 e. The summed E-state index contributed by atoms with van der Waals surface area (Å²) >= 11 is 0. The van der Waals surface area contributed by atoms with E-state index in [4.69, 9.17) is 4.98 Å². The Bertz CT molecular complexity index is 599. The van der Waals surface area contributed by atoms with Crippen molar-refractivity contribution in [3.05, 3.63) is 23.7 Å². The highest BCUT2D eigenvalue weighted by molar-refractivity contribution is 5.72. The number of imidazole rings is 1. The van der Waals surface area contributed by atoms with Crippen LogP contribution in [0.3, 0.4) is 0 Å². The van der Waals surface area contributed by atoms with Gasteiger partial charge in [0.1, 0.15) is 11.3 Å². The van der Waals surface area contributed by atoms with E-state index in [-0.39, 0.29) is 6.61 Å². The van der Waals surface area contributed by atoms with Crippen molar-refractivity contribution in [1.29, 1.82) is 0 Å². The van der Waals surface area contributed by atoms with Gasteiger partial charge in [-0.2, -0.15) is 0 Å². The lowest BCUT2D eigenvalue weighted by Crippen LogP contribution is -2.11. The molecule has 4 nitrogen and oxygen atoms in total. The topological polar surface area (TPSA) is 50.9 Å². The summed E-state index contributed by atoms with van der Waals surface area (Å²) in [5.41, 5.74) is 3.00. The number of hydrogen-bond acceptors (Lipinski definition) is 3. The zero-order valence-electron chi connectivity index (χ0n) is 12.9. The molecule has 4 heteroatoms. The monoisotopic (exact) mass is 287 g/mol. The number of aromatic nitrogens is 3. The molecule has 114 valence electrons. The number of hydrogen-bond donors (Lipinski definition) is 1. The second-order valence-electron chi connectivity index (χ2n) is 6.30. The number of aliphatic hydroxyl groups is 1. The number of pyridine rings is 1. The van der Waals surface area contributed by atoms with Crippen LogP contribution in [-0.4, -0.2) is 26.2 Å². The summed E-state index contributed by atoms with van der Waals surface area (Å²) < 4.78 is 2.09.